The Balaban J connectivity index is 1.71. The normalized spacial score (nSPS) is 12.5. The predicted molar refractivity (Wildman–Crippen MR) is 113 cm³/mol. The molecule has 0 aliphatic rings. The van der Waals surface area contributed by atoms with Gasteiger partial charge in [-0.1, -0.05) is 44.2 Å². The number of anilines is 1. The van der Waals surface area contributed by atoms with Crippen LogP contribution in [0.1, 0.15) is 31.7 Å². The standard InChI is InChI=1S/C22H23NO5S/c1-3-15(2)16-6-4-8-18(12-16)28-22(24)14-23-21-9-5-7-17-13-19(29(25,26)27)10-11-20(17)21/h4-13,15,23H,3,14H2,1-2H3,(H,25,26,27). The van der Waals surface area contributed by atoms with Crippen LogP contribution in [0.5, 0.6) is 5.75 Å². The van der Waals surface area contributed by atoms with Crippen LogP contribution in [0.25, 0.3) is 10.8 Å². The van der Waals surface area contributed by atoms with E-state index in [-0.39, 0.29) is 11.4 Å². The van der Waals surface area contributed by atoms with Crippen molar-refractivity contribution < 1.29 is 22.5 Å². The summed E-state index contributed by atoms with van der Waals surface area (Å²) < 4.78 is 37.3. The highest BCUT2D eigenvalue weighted by Gasteiger charge is 2.12. The van der Waals surface area contributed by atoms with Crippen molar-refractivity contribution in [2.45, 2.75) is 31.1 Å². The minimum Gasteiger partial charge on any atom is -0.425 e. The van der Waals surface area contributed by atoms with Crippen molar-refractivity contribution in [3.8, 4) is 5.75 Å². The summed E-state index contributed by atoms with van der Waals surface area (Å²) in [7, 11) is -4.27. The number of hydrogen-bond acceptors (Lipinski definition) is 5. The van der Waals surface area contributed by atoms with Crippen LogP contribution in [0.4, 0.5) is 5.69 Å². The maximum atomic E-state index is 12.3. The second-order valence-electron chi connectivity index (χ2n) is 6.87. The van der Waals surface area contributed by atoms with E-state index >= 15 is 0 Å². The molecule has 3 rings (SSSR count). The maximum Gasteiger partial charge on any atom is 0.330 e. The summed E-state index contributed by atoms with van der Waals surface area (Å²) in [6.07, 6.45) is 0.999. The number of hydrogen-bond donors (Lipinski definition) is 2. The van der Waals surface area contributed by atoms with Gasteiger partial charge in [0.2, 0.25) is 0 Å². The third kappa shape index (κ3) is 5.13. The summed E-state index contributed by atoms with van der Waals surface area (Å²) in [4.78, 5) is 12.1. The van der Waals surface area contributed by atoms with Gasteiger partial charge in [-0.2, -0.15) is 8.42 Å². The van der Waals surface area contributed by atoms with Crippen molar-refractivity contribution in [3.05, 3.63) is 66.2 Å². The summed E-state index contributed by atoms with van der Waals surface area (Å²) in [5, 5.41) is 4.38. The fourth-order valence-corrected chi connectivity index (χ4v) is 3.55. The minimum absolute atomic E-state index is 0.0489. The lowest BCUT2D eigenvalue weighted by atomic mass is 9.99. The number of carbonyl (C=O) groups excluding carboxylic acids is 1. The summed E-state index contributed by atoms with van der Waals surface area (Å²) in [5.74, 6) is 0.457. The van der Waals surface area contributed by atoms with Gasteiger partial charge in [0.1, 0.15) is 12.3 Å². The second kappa shape index (κ2) is 8.63. The lowest BCUT2D eigenvalue weighted by Crippen LogP contribution is -2.19. The molecule has 29 heavy (non-hydrogen) atoms. The molecule has 152 valence electrons. The van der Waals surface area contributed by atoms with Gasteiger partial charge >= 0.3 is 5.97 Å². The van der Waals surface area contributed by atoms with Crippen LogP contribution in [0.15, 0.2) is 65.6 Å². The molecule has 7 heteroatoms. The van der Waals surface area contributed by atoms with Crippen LogP contribution in [0.2, 0.25) is 0 Å². The van der Waals surface area contributed by atoms with Gasteiger partial charge in [0, 0.05) is 11.1 Å². The van der Waals surface area contributed by atoms with Crippen LogP contribution in [-0.2, 0) is 14.9 Å². The van der Waals surface area contributed by atoms with Crippen molar-refractivity contribution in [2.75, 3.05) is 11.9 Å². The Bertz CT molecular complexity index is 1140. The zero-order chi connectivity index (χ0) is 21.0. The van der Waals surface area contributed by atoms with Crippen LogP contribution >= 0.6 is 0 Å². The van der Waals surface area contributed by atoms with Crippen molar-refractivity contribution in [2.24, 2.45) is 0 Å². The van der Waals surface area contributed by atoms with E-state index in [1.165, 1.54) is 12.1 Å². The largest absolute Gasteiger partial charge is 0.425 e. The van der Waals surface area contributed by atoms with Gasteiger partial charge in [0.15, 0.2) is 0 Å². The van der Waals surface area contributed by atoms with Crippen LogP contribution in [0, 0.1) is 0 Å². The topological polar surface area (TPSA) is 92.7 Å². The highest BCUT2D eigenvalue weighted by molar-refractivity contribution is 7.85. The SMILES string of the molecule is CCC(C)c1cccc(OC(=O)CNc2cccc3cc(S(=O)(=O)O)ccc23)c1. The number of esters is 1. The molecule has 0 bridgehead atoms. The predicted octanol–water partition coefficient (Wildman–Crippen LogP) is 4.62. The molecular formula is C22H23NO5S. The molecule has 0 saturated carbocycles. The molecule has 6 nitrogen and oxygen atoms in total. The van der Waals surface area contributed by atoms with Gasteiger partial charge < -0.3 is 10.1 Å². The van der Waals surface area contributed by atoms with Gasteiger partial charge in [-0.3, -0.25) is 4.55 Å². The first kappa shape index (κ1) is 20.8. The number of ether oxygens (including phenoxy) is 1. The summed E-state index contributed by atoms with van der Waals surface area (Å²) in [6.45, 7) is 4.18. The van der Waals surface area contributed by atoms with E-state index in [9.17, 15) is 17.8 Å². The molecule has 0 aliphatic carbocycles. The van der Waals surface area contributed by atoms with Crippen LogP contribution in [0.3, 0.4) is 0 Å². The van der Waals surface area contributed by atoms with Gasteiger partial charge in [0.05, 0.1) is 4.90 Å². The number of fused-ring (bicyclic) bond motifs is 1. The summed E-state index contributed by atoms with van der Waals surface area (Å²) in [6, 6.07) is 17.0. The third-order valence-electron chi connectivity index (χ3n) is 4.84. The highest BCUT2D eigenvalue weighted by Crippen LogP contribution is 2.26. The molecule has 0 aliphatic heterocycles. The third-order valence-corrected chi connectivity index (χ3v) is 5.69. The van der Waals surface area contributed by atoms with Gasteiger partial charge in [-0.25, -0.2) is 4.79 Å². The lowest BCUT2D eigenvalue weighted by Gasteiger charge is -2.12. The van der Waals surface area contributed by atoms with Gasteiger partial charge in [-0.15, -0.1) is 0 Å². The number of rotatable bonds is 7. The van der Waals surface area contributed by atoms with E-state index in [4.69, 9.17) is 4.74 Å². The molecule has 0 spiro atoms. The zero-order valence-electron chi connectivity index (χ0n) is 16.3. The molecule has 0 amide bonds. The molecule has 0 saturated heterocycles. The van der Waals surface area contributed by atoms with E-state index in [0.29, 0.717) is 22.7 Å². The monoisotopic (exact) mass is 413 g/mol. The van der Waals surface area contributed by atoms with Crippen molar-refractivity contribution in [1.29, 1.82) is 0 Å². The Kier molecular flexibility index (Phi) is 6.20. The molecular weight excluding hydrogens is 390 g/mol. The maximum absolute atomic E-state index is 12.3. The molecule has 1 unspecified atom stereocenters. The Morgan fingerprint density at radius 3 is 2.59 bits per heavy atom. The van der Waals surface area contributed by atoms with Crippen LogP contribution < -0.4 is 10.1 Å². The Hall–Kier alpha value is -2.90. The first-order chi connectivity index (χ1) is 13.8. The van der Waals surface area contributed by atoms with E-state index in [1.807, 2.05) is 18.2 Å². The minimum atomic E-state index is -4.27. The van der Waals surface area contributed by atoms with Crippen molar-refractivity contribution >= 4 is 32.5 Å². The molecule has 0 heterocycles. The Labute approximate surface area is 170 Å². The molecule has 0 aromatic heterocycles. The lowest BCUT2D eigenvalue weighted by molar-refractivity contribution is -0.132. The smallest absolute Gasteiger partial charge is 0.330 e. The fraction of sp³-hybridized carbons (Fsp3) is 0.227. The molecule has 3 aromatic carbocycles. The van der Waals surface area contributed by atoms with E-state index in [2.05, 4.69) is 19.2 Å². The molecule has 1 atom stereocenters. The number of carbonyl (C=O) groups is 1. The van der Waals surface area contributed by atoms with Crippen LogP contribution in [-0.4, -0.2) is 25.5 Å². The van der Waals surface area contributed by atoms with Crippen molar-refractivity contribution in [3.63, 3.8) is 0 Å². The van der Waals surface area contributed by atoms with E-state index in [0.717, 1.165) is 17.4 Å². The van der Waals surface area contributed by atoms with Gasteiger partial charge in [-0.05, 0) is 53.6 Å². The van der Waals surface area contributed by atoms with Crippen molar-refractivity contribution in [1.82, 2.24) is 0 Å². The zero-order valence-corrected chi connectivity index (χ0v) is 17.1. The second-order valence-corrected chi connectivity index (χ2v) is 8.29. The van der Waals surface area contributed by atoms with Gasteiger partial charge in [0.25, 0.3) is 10.1 Å². The summed E-state index contributed by atoms with van der Waals surface area (Å²) in [5.41, 5.74) is 1.78. The Morgan fingerprint density at radius 1 is 1.10 bits per heavy atom. The Morgan fingerprint density at radius 2 is 1.86 bits per heavy atom. The number of nitrogens with one attached hydrogen (secondary N) is 1. The van der Waals surface area contributed by atoms with E-state index < -0.39 is 16.1 Å². The quantitative estimate of drug-likeness (QED) is 0.334. The highest BCUT2D eigenvalue weighted by atomic mass is 32.2. The summed E-state index contributed by atoms with van der Waals surface area (Å²) >= 11 is 0. The average Bonchev–Trinajstić information content (AvgIpc) is 2.70. The fourth-order valence-electron chi connectivity index (χ4n) is 3.03. The first-order valence-corrected chi connectivity index (χ1v) is 10.8. The molecule has 0 fully saturated rings. The van der Waals surface area contributed by atoms with E-state index in [1.54, 1.807) is 30.3 Å². The molecule has 2 N–H and O–H groups in total. The molecule has 3 aromatic rings. The molecule has 0 radical (unpaired) electrons. The average molecular weight is 413 g/mol. The number of benzene rings is 3. The first-order valence-electron chi connectivity index (χ1n) is 9.32.